The standard InChI is InChI=1S/C20H33BO5Si/c1-18(2,3)27(9,10)24-16-13-14(17(22)23-8)11-12-15(16)21-25-19(4,5)20(6,7)26-21/h11-13H,1-10H3. The SMILES string of the molecule is COC(=O)c1ccc(B2OC(C)(C)C(C)(C)O2)c(O[Si](C)(C)C(C)(C)C)c1. The smallest absolute Gasteiger partial charge is 0.498 e. The van der Waals surface area contributed by atoms with Crippen molar-refractivity contribution in [1.29, 1.82) is 0 Å². The lowest BCUT2D eigenvalue weighted by molar-refractivity contribution is 0.00578. The molecule has 150 valence electrons. The quantitative estimate of drug-likeness (QED) is 0.569. The maximum atomic E-state index is 12.0. The summed E-state index contributed by atoms with van der Waals surface area (Å²) in [7, 11) is -1.31. The molecule has 1 aromatic rings. The summed E-state index contributed by atoms with van der Waals surface area (Å²) in [6.45, 7) is 19.0. The molecular weight excluding hydrogens is 359 g/mol. The number of methoxy groups -OCH3 is 1. The van der Waals surface area contributed by atoms with E-state index in [1.54, 1.807) is 12.1 Å². The fourth-order valence-electron chi connectivity index (χ4n) is 2.46. The van der Waals surface area contributed by atoms with Gasteiger partial charge in [0.2, 0.25) is 8.32 Å². The van der Waals surface area contributed by atoms with Crippen LogP contribution in [0.25, 0.3) is 0 Å². The molecule has 0 atom stereocenters. The van der Waals surface area contributed by atoms with E-state index in [4.69, 9.17) is 18.5 Å². The van der Waals surface area contributed by atoms with Crippen molar-refractivity contribution in [1.82, 2.24) is 0 Å². The number of esters is 1. The first-order chi connectivity index (χ1) is 12.1. The molecule has 1 fully saturated rings. The summed E-state index contributed by atoms with van der Waals surface area (Å²) in [6.07, 6.45) is 0. The third-order valence-electron chi connectivity index (χ3n) is 6.11. The molecule has 7 heteroatoms. The van der Waals surface area contributed by atoms with Gasteiger partial charge in [-0.2, -0.15) is 0 Å². The molecule has 0 aliphatic carbocycles. The van der Waals surface area contributed by atoms with Crippen molar-refractivity contribution in [3.05, 3.63) is 23.8 Å². The number of carbonyl (C=O) groups excluding carboxylic acids is 1. The highest BCUT2D eigenvalue weighted by Crippen LogP contribution is 2.39. The maximum absolute atomic E-state index is 12.0. The van der Waals surface area contributed by atoms with E-state index in [0.717, 1.165) is 5.46 Å². The highest BCUT2D eigenvalue weighted by molar-refractivity contribution is 6.75. The summed E-state index contributed by atoms with van der Waals surface area (Å²) in [4.78, 5) is 12.0. The van der Waals surface area contributed by atoms with Crippen molar-refractivity contribution in [3.8, 4) is 5.75 Å². The van der Waals surface area contributed by atoms with E-state index in [9.17, 15) is 4.79 Å². The first-order valence-electron chi connectivity index (χ1n) is 9.38. The van der Waals surface area contributed by atoms with Crippen LogP contribution in [0, 0.1) is 0 Å². The van der Waals surface area contributed by atoms with E-state index in [2.05, 4.69) is 33.9 Å². The summed E-state index contributed by atoms with van der Waals surface area (Å²) in [5.41, 5.74) is 0.345. The molecule has 1 aromatic carbocycles. The normalized spacial score (nSPS) is 19.1. The van der Waals surface area contributed by atoms with Crippen LogP contribution in [0.15, 0.2) is 18.2 Å². The van der Waals surface area contributed by atoms with Crippen molar-refractivity contribution in [2.75, 3.05) is 7.11 Å². The van der Waals surface area contributed by atoms with Crippen molar-refractivity contribution >= 4 is 26.9 Å². The summed E-state index contributed by atoms with van der Waals surface area (Å²) < 4.78 is 23.9. The van der Waals surface area contributed by atoms with Crippen LogP contribution in [-0.2, 0) is 14.0 Å². The highest BCUT2D eigenvalue weighted by atomic mass is 28.4. The predicted molar refractivity (Wildman–Crippen MR) is 111 cm³/mol. The van der Waals surface area contributed by atoms with Crippen LogP contribution in [0.1, 0.15) is 58.8 Å². The summed E-state index contributed by atoms with van der Waals surface area (Å²) in [5, 5.41) is 0.0153. The van der Waals surface area contributed by atoms with Gasteiger partial charge in [0.25, 0.3) is 0 Å². The molecule has 1 saturated heterocycles. The summed E-state index contributed by atoms with van der Waals surface area (Å²) >= 11 is 0. The fraction of sp³-hybridized carbons (Fsp3) is 0.650. The maximum Gasteiger partial charge on any atom is 0.498 e. The minimum atomic E-state index is -2.13. The van der Waals surface area contributed by atoms with Gasteiger partial charge in [-0.25, -0.2) is 4.79 Å². The number of ether oxygens (including phenoxy) is 1. The van der Waals surface area contributed by atoms with E-state index >= 15 is 0 Å². The van der Waals surface area contributed by atoms with Gasteiger partial charge in [-0.1, -0.05) is 26.8 Å². The lowest BCUT2D eigenvalue weighted by Crippen LogP contribution is -2.46. The van der Waals surface area contributed by atoms with Crippen molar-refractivity contribution in [2.45, 2.75) is 77.8 Å². The third-order valence-corrected chi connectivity index (χ3v) is 10.5. The van der Waals surface area contributed by atoms with E-state index in [0.29, 0.717) is 11.3 Å². The number of benzene rings is 1. The molecule has 2 rings (SSSR count). The zero-order valence-corrected chi connectivity index (χ0v) is 19.4. The Kier molecular flexibility index (Phi) is 5.65. The van der Waals surface area contributed by atoms with Gasteiger partial charge in [0.1, 0.15) is 5.75 Å². The minimum Gasteiger partial charge on any atom is -0.544 e. The largest absolute Gasteiger partial charge is 0.544 e. The Bertz CT molecular complexity index is 706. The lowest BCUT2D eigenvalue weighted by atomic mass is 9.78. The first-order valence-corrected chi connectivity index (χ1v) is 12.3. The molecule has 1 aliphatic heterocycles. The molecule has 0 bridgehead atoms. The summed E-state index contributed by atoms with van der Waals surface area (Å²) in [5.74, 6) is 0.235. The molecule has 0 amide bonds. The topological polar surface area (TPSA) is 54.0 Å². The van der Waals surface area contributed by atoms with Gasteiger partial charge in [-0.15, -0.1) is 0 Å². The second kappa shape index (κ2) is 6.94. The third kappa shape index (κ3) is 4.25. The fourth-order valence-corrected chi connectivity index (χ4v) is 3.49. The number of carbonyl (C=O) groups is 1. The van der Waals surface area contributed by atoms with Gasteiger partial charge < -0.3 is 18.5 Å². The predicted octanol–water partition coefficient (Wildman–Crippen LogP) is 4.16. The lowest BCUT2D eigenvalue weighted by Gasteiger charge is -2.37. The second-order valence-electron chi connectivity index (χ2n) is 9.69. The Labute approximate surface area is 165 Å². The first kappa shape index (κ1) is 22.0. The molecule has 0 saturated carbocycles. The Balaban J connectivity index is 2.50. The molecule has 5 nitrogen and oxygen atoms in total. The van der Waals surface area contributed by atoms with Gasteiger partial charge in [-0.05, 0) is 58.0 Å². The minimum absolute atomic E-state index is 0.0153. The van der Waals surface area contributed by atoms with Crippen LogP contribution in [0.2, 0.25) is 18.1 Å². The number of hydrogen-bond donors (Lipinski definition) is 0. The van der Waals surface area contributed by atoms with Gasteiger partial charge in [-0.3, -0.25) is 0 Å². The van der Waals surface area contributed by atoms with Gasteiger partial charge in [0.05, 0.1) is 23.9 Å². The van der Waals surface area contributed by atoms with E-state index < -0.39 is 32.6 Å². The van der Waals surface area contributed by atoms with Crippen molar-refractivity contribution < 1.29 is 23.3 Å². The summed E-state index contributed by atoms with van der Waals surface area (Å²) in [6, 6.07) is 5.31. The molecule has 0 radical (unpaired) electrons. The molecule has 0 N–H and O–H groups in total. The Morgan fingerprint density at radius 3 is 2.04 bits per heavy atom. The molecule has 0 aromatic heterocycles. The second-order valence-corrected chi connectivity index (χ2v) is 14.4. The molecule has 1 heterocycles. The van der Waals surface area contributed by atoms with E-state index in [1.165, 1.54) is 7.11 Å². The number of rotatable bonds is 4. The van der Waals surface area contributed by atoms with Crippen LogP contribution >= 0.6 is 0 Å². The highest BCUT2D eigenvalue weighted by Gasteiger charge is 2.53. The zero-order chi connectivity index (χ0) is 20.8. The van der Waals surface area contributed by atoms with Crippen molar-refractivity contribution in [3.63, 3.8) is 0 Å². The molecular formula is C20H33BO5Si. The molecule has 0 unspecified atom stereocenters. The Morgan fingerprint density at radius 2 is 1.59 bits per heavy atom. The molecule has 0 spiro atoms. The average Bonchev–Trinajstić information content (AvgIpc) is 2.72. The molecule has 27 heavy (non-hydrogen) atoms. The monoisotopic (exact) mass is 392 g/mol. The zero-order valence-electron chi connectivity index (χ0n) is 18.4. The van der Waals surface area contributed by atoms with Crippen LogP contribution in [0.5, 0.6) is 5.75 Å². The van der Waals surface area contributed by atoms with Gasteiger partial charge >= 0.3 is 13.1 Å². The van der Waals surface area contributed by atoms with Crippen LogP contribution in [-0.4, -0.2) is 39.7 Å². The van der Waals surface area contributed by atoms with Gasteiger partial charge in [0, 0.05) is 5.46 Å². The average molecular weight is 392 g/mol. The Hall–Kier alpha value is -1.31. The number of hydrogen-bond acceptors (Lipinski definition) is 5. The van der Waals surface area contributed by atoms with Crippen molar-refractivity contribution in [2.24, 2.45) is 0 Å². The van der Waals surface area contributed by atoms with Crippen LogP contribution in [0.3, 0.4) is 0 Å². The van der Waals surface area contributed by atoms with Crippen LogP contribution in [0.4, 0.5) is 0 Å². The van der Waals surface area contributed by atoms with Crippen LogP contribution < -0.4 is 9.89 Å². The molecule has 1 aliphatic rings. The Morgan fingerprint density at radius 1 is 1.07 bits per heavy atom. The van der Waals surface area contributed by atoms with Gasteiger partial charge in [0.15, 0.2) is 0 Å². The van der Waals surface area contributed by atoms with E-state index in [1.807, 2.05) is 33.8 Å². The van der Waals surface area contributed by atoms with E-state index in [-0.39, 0.29) is 5.04 Å².